The summed E-state index contributed by atoms with van der Waals surface area (Å²) in [4.78, 5) is 0. The van der Waals surface area contributed by atoms with Gasteiger partial charge in [-0.1, -0.05) is 75.6 Å². The molecule has 0 aliphatic carbocycles. The van der Waals surface area contributed by atoms with Gasteiger partial charge in [-0.05, 0) is 11.1 Å². The molecule has 0 saturated carbocycles. The van der Waals surface area contributed by atoms with Crippen LogP contribution in [0, 0.1) is 12.1 Å². The standard InChI is InChI=1S/C12H10.C2H3P/c1-3-7-11(8-4-1)12-9-5-2-6-10-12;1-2-3/h1-10H;1H,3H2. The van der Waals surface area contributed by atoms with Crippen molar-refractivity contribution in [2.45, 2.75) is 0 Å². The molecule has 0 amide bonds. The van der Waals surface area contributed by atoms with Crippen molar-refractivity contribution < 1.29 is 0 Å². The van der Waals surface area contributed by atoms with Crippen molar-refractivity contribution in [2.24, 2.45) is 0 Å². The first kappa shape index (κ1) is 11.5. The molecule has 0 heterocycles. The Balaban J connectivity index is 0.000000337. The molecular formula is C14H13P. The molecule has 0 aliphatic heterocycles. The molecule has 0 fully saturated rings. The van der Waals surface area contributed by atoms with E-state index in [2.05, 4.69) is 69.9 Å². The van der Waals surface area contributed by atoms with Gasteiger partial charge in [0, 0.05) is 0 Å². The number of rotatable bonds is 1. The van der Waals surface area contributed by atoms with Gasteiger partial charge in [0.1, 0.15) is 0 Å². The topological polar surface area (TPSA) is 0 Å². The van der Waals surface area contributed by atoms with E-state index in [9.17, 15) is 0 Å². The van der Waals surface area contributed by atoms with Crippen LogP contribution in [0.3, 0.4) is 0 Å². The number of hydrogen-bond donors (Lipinski definition) is 0. The van der Waals surface area contributed by atoms with Gasteiger partial charge < -0.3 is 0 Å². The fourth-order valence-corrected chi connectivity index (χ4v) is 1.26. The second kappa shape index (κ2) is 6.82. The third kappa shape index (κ3) is 3.98. The largest absolute Gasteiger partial charge is 0.116 e. The molecule has 2 aromatic carbocycles. The third-order valence-corrected chi connectivity index (χ3v) is 1.88. The highest BCUT2D eigenvalue weighted by atomic mass is 31.0. The highest BCUT2D eigenvalue weighted by Crippen LogP contribution is 2.17. The van der Waals surface area contributed by atoms with Gasteiger partial charge in [-0.25, -0.2) is 0 Å². The quantitative estimate of drug-likeness (QED) is 0.498. The van der Waals surface area contributed by atoms with E-state index in [1.807, 2.05) is 12.1 Å². The summed E-state index contributed by atoms with van der Waals surface area (Å²) >= 11 is 0. The van der Waals surface area contributed by atoms with E-state index >= 15 is 0 Å². The van der Waals surface area contributed by atoms with Crippen LogP contribution in [0.4, 0.5) is 0 Å². The van der Waals surface area contributed by atoms with Crippen molar-refractivity contribution in [1.29, 1.82) is 0 Å². The van der Waals surface area contributed by atoms with E-state index in [0.29, 0.717) is 0 Å². The molecule has 2 rings (SSSR count). The van der Waals surface area contributed by atoms with E-state index in [1.54, 1.807) is 0 Å². The van der Waals surface area contributed by atoms with Crippen LogP contribution >= 0.6 is 9.24 Å². The zero-order valence-corrected chi connectivity index (χ0v) is 9.58. The second-order valence-corrected chi connectivity index (χ2v) is 3.23. The first-order valence-corrected chi connectivity index (χ1v) is 5.23. The summed E-state index contributed by atoms with van der Waals surface area (Å²) in [7, 11) is 2.11. The van der Waals surface area contributed by atoms with Crippen LogP contribution in [0.2, 0.25) is 0 Å². The summed E-state index contributed by atoms with van der Waals surface area (Å²) in [6.45, 7) is 0. The minimum atomic E-state index is 1.28. The van der Waals surface area contributed by atoms with Gasteiger partial charge in [0.15, 0.2) is 0 Å². The Hall–Kier alpha value is -1.57. The molecule has 0 aliphatic rings. The zero-order chi connectivity index (χ0) is 10.9. The van der Waals surface area contributed by atoms with Crippen molar-refractivity contribution >= 4 is 9.24 Å². The van der Waals surface area contributed by atoms with Crippen molar-refractivity contribution in [3.05, 3.63) is 60.7 Å². The lowest BCUT2D eigenvalue weighted by Crippen LogP contribution is -1.73. The Labute approximate surface area is 93.6 Å². The highest BCUT2D eigenvalue weighted by molar-refractivity contribution is 7.23. The molecule has 0 spiro atoms. The highest BCUT2D eigenvalue weighted by Gasteiger charge is 1.91. The van der Waals surface area contributed by atoms with E-state index in [-0.39, 0.29) is 0 Å². The molecule has 0 bridgehead atoms. The van der Waals surface area contributed by atoms with E-state index < -0.39 is 0 Å². The normalized spacial score (nSPS) is 8.27. The molecule has 15 heavy (non-hydrogen) atoms. The Kier molecular flexibility index (Phi) is 5.23. The fraction of sp³-hybridized carbons (Fsp3) is 0. The van der Waals surface area contributed by atoms with Gasteiger partial charge in [0.05, 0.1) is 0 Å². The minimum absolute atomic E-state index is 1.28. The molecule has 0 N–H and O–H groups in total. The number of terminal acetylenes is 1. The summed E-state index contributed by atoms with van der Waals surface area (Å²) in [5, 5.41) is 0. The van der Waals surface area contributed by atoms with Crippen LogP contribution in [-0.4, -0.2) is 0 Å². The zero-order valence-electron chi connectivity index (χ0n) is 8.43. The second-order valence-electron chi connectivity index (χ2n) is 2.90. The Morgan fingerprint density at radius 3 is 1.27 bits per heavy atom. The Bertz CT molecular complexity index is 375. The van der Waals surface area contributed by atoms with Crippen LogP contribution in [-0.2, 0) is 0 Å². The van der Waals surface area contributed by atoms with Gasteiger partial charge in [0.2, 0.25) is 0 Å². The van der Waals surface area contributed by atoms with Gasteiger partial charge in [-0.15, -0.1) is 6.42 Å². The van der Waals surface area contributed by atoms with Crippen LogP contribution in [0.25, 0.3) is 11.1 Å². The maximum atomic E-state index is 4.56. The first-order chi connectivity index (χ1) is 7.38. The lowest BCUT2D eigenvalue weighted by molar-refractivity contribution is 1.62. The summed E-state index contributed by atoms with van der Waals surface area (Å²) < 4.78 is 0. The van der Waals surface area contributed by atoms with Crippen LogP contribution in [0.1, 0.15) is 0 Å². The lowest BCUT2D eigenvalue weighted by atomic mass is 10.1. The molecule has 0 saturated heterocycles. The predicted octanol–water partition coefficient (Wildman–Crippen LogP) is 3.81. The lowest BCUT2D eigenvalue weighted by Gasteiger charge is -1.98. The summed E-state index contributed by atoms with van der Waals surface area (Å²) in [5.74, 6) is 0. The molecular weight excluding hydrogens is 199 g/mol. The van der Waals surface area contributed by atoms with E-state index in [0.717, 1.165) is 0 Å². The van der Waals surface area contributed by atoms with Crippen molar-refractivity contribution in [2.75, 3.05) is 0 Å². The Morgan fingerprint density at radius 1 is 0.733 bits per heavy atom. The number of benzene rings is 2. The Morgan fingerprint density at radius 2 is 1.00 bits per heavy atom. The van der Waals surface area contributed by atoms with E-state index in [1.165, 1.54) is 11.1 Å². The summed E-state index contributed by atoms with van der Waals surface area (Å²) in [6, 6.07) is 20.8. The average molecular weight is 212 g/mol. The van der Waals surface area contributed by atoms with Gasteiger partial charge in [-0.3, -0.25) is 0 Å². The van der Waals surface area contributed by atoms with Crippen molar-refractivity contribution in [3.63, 3.8) is 0 Å². The maximum absolute atomic E-state index is 4.56. The summed E-state index contributed by atoms with van der Waals surface area (Å²) in [5.41, 5.74) is 4.72. The van der Waals surface area contributed by atoms with E-state index in [4.69, 9.17) is 0 Å². The van der Waals surface area contributed by atoms with Crippen LogP contribution < -0.4 is 0 Å². The predicted molar refractivity (Wildman–Crippen MR) is 70.4 cm³/mol. The van der Waals surface area contributed by atoms with Crippen molar-refractivity contribution in [1.82, 2.24) is 0 Å². The summed E-state index contributed by atoms with van der Waals surface area (Å²) in [6.07, 6.45) is 4.56. The molecule has 0 nitrogen and oxygen atoms in total. The minimum Gasteiger partial charge on any atom is -0.116 e. The fourth-order valence-electron chi connectivity index (χ4n) is 1.26. The van der Waals surface area contributed by atoms with Crippen molar-refractivity contribution in [3.8, 4) is 23.2 Å². The molecule has 2 aromatic rings. The molecule has 1 unspecified atom stereocenters. The molecule has 1 atom stereocenters. The SMILES string of the molecule is C#CP.c1ccc(-c2ccccc2)cc1. The first-order valence-electron chi connectivity index (χ1n) is 4.65. The van der Waals surface area contributed by atoms with Crippen LogP contribution in [0.15, 0.2) is 60.7 Å². The molecule has 1 heteroatoms. The van der Waals surface area contributed by atoms with Gasteiger partial charge in [-0.2, -0.15) is 0 Å². The van der Waals surface area contributed by atoms with Gasteiger partial charge in [0.25, 0.3) is 0 Å². The molecule has 0 aromatic heterocycles. The monoisotopic (exact) mass is 212 g/mol. The number of hydrogen-bond acceptors (Lipinski definition) is 0. The van der Waals surface area contributed by atoms with Gasteiger partial charge >= 0.3 is 0 Å². The third-order valence-electron chi connectivity index (χ3n) is 1.88. The maximum Gasteiger partial charge on any atom is -0.0184 e. The average Bonchev–Trinajstić information content (AvgIpc) is 2.32. The van der Waals surface area contributed by atoms with Crippen LogP contribution in [0.5, 0.6) is 0 Å². The molecule has 0 radical (unpaired) electrons. The smallest absolute Gasteiger partial charge is 0.0184 e. The molecule has 74 valence electrons.